The summed E-state index contributed by atoms with van der Waals surface area (Å²) in [5.41, 5.74) is 6.17. The standard InChI is InChI=1S/C13H16ClN5O2/c1-17(7-8-6-9(15)4-5-10(8)14)11-12(20)18(2)13(21)19(3)16-11/h4-6H,7,15H2,1-3H3. The Morgan fingerprint density at radius 3 is 2.67 bits per heavy atom. The van der Waals surface area contributed by atoms with E-state index in [4.69, 9.17) is 17.3 Å². The van der Waals surface area contributed by atoms with E-state index in [0.717, 1.165) is 14.8 Å². The zero-order chi connectivity index (χ0) is 15.7. The lowest BCUT2D eigenvalue weighted by atomic mass is 10.2. The van der Waals surface area contributed by atoms with Gasteiger partial charge < -0.3 is 10.6 Å². The minimum absolute atomic E-state index is 0.165. The molecule has 21 heavy (non-hydrogen) atoms. The Hall–Kier alpha value is -2.28. The Bertz CT molecular complexity index is 796. The van der Waals surface area contributed by atoms with E-state index in [2.05, 4.69) is 5.10 Å². The van der Waals surface area contributed by atoms with E-state index in [-0.39, 0.29) is 5.82 Å². The summed E-state index contributed by atoms with van der Waals surface area (Å²) >= 11 is 6.11. The molecule has 2 rings (SSSR count). The van der Waals surface area contributed by atoms with Gasteiger partial charge in [-0.3, -0.25) is 9.36 Å². The van der Waals surface area contributed by atoms with Crippen LogP contribution in [0.3, 0.4) is 0 Å². The molecule has 0 atom stereocenters. The molecule has 2 aromatic rings. The van der Waals surface area contributed by atoms with Crippen molar-refractivity contribution >= 4 is 23.1 Å². The molecule has 0 aliphatic rings. The van der Waals surface area contributed by atoms with Crippen LogP contribution in [0.5, 0.6) is 0 Å². The molecule has 0 amide bonds. The predicted molar refractivity (Wildman–Crippen MR) is 82.7 cm³/mol. The second-order valence-corrected chi connectivity index (χ2v) is 5.21. The number of nitrogens with two attached hydrogens (primary N) is 1. The number of nitrogens with zero attached hydrogens (tertiary/aromatic N) is 4. The zero-order valence-corrected chi connectivity index (χ0v) is 12.8. The normalized spacial score (nSPS) is 10.7. The van der Waals surface area contributed by atoms with Gasteiger partial charge in [-0.1, -0.05) is 11.6 Å². The summed E-state index contributed by atoms with van der Waals surface area (Å²) in [6.07, 6.45) is 0. The van der Waals surface area contributed by atoms with Crippen molar-refractivity contribution < 1.29 is 0 Å². The van der Waals surface area contributed by atoms with Crippen molar-refractivity contribution in [3.8, 4) is 0 Å². The number of rotatable bonds is 3. The van der Waals surface area contributed by atoms with E-state index in [1.54, 1.807) is 30.1 Å². The third-order valence-electron chi connectivity index (χ3n) is 3.14. The van der Waals surface area contributed by atoms with Crippen molar-refractivity contribution in [2.45, 2.75) is 6.54 Å². The molecule has 7 nitrogen and oxygen atoms in total. The molecular weight excluding hydrogens is 294 g/mol. The summed E-state index contributed by atoms with van der Waals surface area (Å²) in [5, 5.41) is 4.56. The number of anilines is 2. The minimum Gasteiger partial charge on any atom is -0.399 e. The van der Waals surface area contributed by atoms with Gasteiger partial charge in [-0.25, -0.2) is 9.48 Å². The molecule has 8 heteroatoms. The maximum absolute atomic E-state index is 12.1. The number of benzene rings is 1. The van der Waals surface area contributed by atoms with Crippen LogP contribution in [0.1, 0.15) is 5.56 Å². The van der Waals surface area contributed by atoms with Crippen molar-refractivity contribution in [3.63, 3.8) is 0 Å². The topological polar surface area (TPSA) is 86.2 Å². The summed E-state index contributed by atoms with van der Waals surface area (Å²) in [6.45, 7) is 0.352. The van der Waals surface area contributed by atoms with Gasteiger partial charge in [0, 0.05) is 38.4 Å². The quantitative estimate of drug-likeness (QED) is 0.827. The average molecular weight is 310 g/mol. The van der Waals surface area contributed by atoms with Crippen LogP contribution >= 0.6 is 11.6 Å². The number of hydrogen-bond donors (Lipinski definition) is 1. The van der Waals surface area contributed by atoms with Gasteiger partial charge in [-0.15, -0.1) is 5.10 Å². The van der Waals surface area contributed by atoms with E-state index in [9.17, 15) is 9.59 Å². The van der Waals surface area contributed by atoms with Gasteiger partial charge in [0.25, 0.3) is 5.56 Å². The van der Waals surface area contributed by atoms with Crippen LogP contribution in [-0.2, 0) is 20.6 Å². The van der Waals surface area contributed by atoms with Crippen LogP contribution in [0.2, 0.25) is 5.02 Å². The first kappa shape index (κ1) is 15.1. The number of aromatic nitrogens is 3. The van der Waals surface area contributed by atoms with Crippen LogP contribution in [0, 0.1) is 0 Å². The van der Waals surface area contributed by atoms with Crippen LogP contribution in [-0.4, -0.2) is 21.4 Å². The molecule has 0 saturated heterocycles. The third kappa shape index (κ3) is 2.92. The van der Waals surface area contributed by atoms with E-state index in [1.807, 2.05) is 0 Å². The largest absolute Gasteiger partial charge is 0.399 e. The molecule has 0 saturated carbocycles. The van der Waals surface area contributed by atoms with Crippen molar-refractivity contribution in [3.05, 3.63) is 49.6 Å². The van der Waals surface area contributed by atoms with Crippen molar-refractivity contribution in [2.75, 3.05) is 17.7 Å². The van der Waals surface area contributed by atoms with Gasteiger partial charge in [-0.05, 0) is 23.8 Å². The number of hydrogen-bond acceptors (Lipinski definition) is 5. The first-order valence-electron chi connectivity index (χ1n) is 6.20. The Labute approximate surface area is 126 Å². The molecule has 0 spiro atoms. The van der Waals surface area contributed by atoms with Gasteiger partial charge in [0.15, 0.2) is 0 Å². The molecule has 1 aromatic carbocycles. The monoisotopic (exact) mass is 309 g/mol. The summed E-state index contributed by atoms with van der Waals surface area (Å²) < 4.78 is 2.13. The molecular formula is C13H16ClN5O2. The van der Waals surface area contributed by atoms with Gasteiger partial charge in [0.05, 0.1) is 0 Å². The highest BCUT2D eigenvalue weighted by Gasteiger charge is 2.14. The molecule has 1 heterocycles. The van der Waals surface area contributed by atoms with Crippen LogP contribution in [0.25, 0.3) is 0 Å². The minimum atomic E-state index is -0.473. The third-order valence-corrected chi connectivity index (χ3v) is 3.51. The van der Waals surface area contributed by atoms with Crippen molar-refractivity contribution in [1.29, 1.82) is 0 Å². The fourth-order valence-electron chi connectivity index (χ4n) is 1.97. The lowest BCUT2D eigenvalue weighted by Crippen LogP contribution is -2.42. The zero-order valence-electron chi connectivity index (χ0n) is 12.0. The van der Waals surface area contributed by atoms with Gasteiger partial charge >= 0.3 is 5.69 Å². The molecule has 2 N–H and O–H groups in total. The Kier molecular flexibility index (Phi) is 4.04. The van der Waals surface area contributed by atoms with E-state index < -0.39 is 11.2 Å². The number of aryl methyl sites for hydroxylation is 1. The Morgan fingerprint density at radius 2 is 2.00 bits per heavy atom. The predicted octanol–water partition coefficient (Wildman–Crippen LogP) is 0.351. The molecule has 0 fully saturated rings. The second-order valence-electron chi connectivity index (χ2n) is 4.80. The van der Waals surface area contributed by atoms with E-state index in [1.165, 1.54) is 14.1 Å². The SMILES string of the molecule is CN(Cc1cc(N)ccc1Cl)c1nn(C)c(=O)n(C)c1=O. The van der Waals surface area contributed by atoms with E-state index in [0.29, 0.717) is 17.3 Å². The van der Waals surface area contributed by atoms with Crippen molar-refractivity contribution in [2.24, 2.45) is 14.1 Å². The highest BCUT2D eigenvalue weighted by Crippen LogP contribution is 2.20. The molecule has 0 aliphatic carbocycles. The lowest BCUT2D eigenvalue weighted by molar-refractivity contribution is 0.593. The maximum Gasteiger partial charge on any atom is 0.346 e. The molecule has 1 aromatic heterocycles. The first-order chi connectivity index (χ1) is 9.81. The summed E-state index contributed by atoms with van der Waals surface area (Å²) in [4.78, 5) is 25.4. The molecule has 112 valence electrons. The molecule has 0 aliphatic heterocycles. The maximum atomic E-state index is 12.1. The second kappa shape index (κ2) is 5.61. The summed E-state index contributed by atoms with van der Waals surface area (Å²) in [6, 6.07) is 5.15. The summed E-state index contributed by atoms with van der Waals surface area (Å²) in [7, 11) is 4.61. The van der Waals surface area contributed by atoms with Crippen LogP contribution in [0.15, 0.2) is 27.8 Å². The fourth-order valence-corrected chi connectivity index (χ4v) is 2.14. The Balaban J connectivity index is 2.42. The summed E-state index contributed by atoms with van der Waals surface area (Å²) in [5.74, 6) is 0.165. The van der Waals surface area contributed by atoms with Crippen LogP contribution < -0.4 is 21.9 Å². The highest BCUT2D eigenvalue weighted by atomic mass is 35.5. The van der Waals surface area contributed by atoms with E-state index >= 15 is 0 Å². The fraction of sp³-hybridized carbons (Fsp3) is 0.308. The molecule has 0 radical (unpaired) electrons. The van der Waals surface area contributed by atoms with Crippen LogP contribution in [0.4, 0.5) is 11.5 Å². The average Bonchev–Trinajstić information content (AvgIpc) is 2.44. The molecule has 0 unspecified atom stereocenters. The highest BCUT2D eigenvalue weighted by molar-refractivity contribution is 6.31. The number of halogens is 1. The lowest BCUT2D eigenvalue weighted by Gasteiger charge is -2.19. The Morgan fingerprint density at radius 1 is 1.33 bits per heavy atom. The van der Waals surface area contributed by atoms with Gasteiger partial charge in [-0.2, -0.15) is 0 Å². The van der Waals surface area contributed by atoms with Gasteiger partial charge in [0.2, 0.25) is 5.82 Å². The molecule has 0 bridgehead atoms. The van der Waals surface area contributed by atoms with Gasteiger partial charge in [0.1, 0.15) is 0 Å². The van der Waals surface area contributed by atoms with Crippen molar-refractivity contribution in [1.82, 2.24) is 14.3 Å². The first-order valence-corrected chi connectivity index (χ1v) is 6.58. The smallest absolute Gasteiger partial charge is 0.346 e. The number of nitrogen functional groups attached to an aromatic ring is 1.